The molecule has 5 N–H and O–H groups in total. The first-order valence-electron chi connectivity index (χ1n) is 14.3. The summed E-state index contributed by atoms with van der Waals surface area (Å²) in [7, 11) is 1.39. The Morgan fingerprint density at radius 3 is 2.55 bits per heavy atom. The summed E-state index contributed by atoms with van der Waals surface area (Å²) in [6.45, 7) is 6.67. The van der Waals surface area contributed by atoms with Crippen LogP contribution in [-0.4, -0.2) is 81.7 Å². The number of nitrogens with two attached hydrogens (primary N) is 1. The predicted octanol–water partition coefficient (Wildman–Crippen LogP) is 1.50. The molecule has 2 aromatic rings. The molecule has 0 bridgehead atoms. The number of piperazine rings is 1. The molecular formula is C29H38FN9O3. The Morgan fingerprint density at radius 1 is 1.21 bits per heavy atom. The van der Waals surface area contributed by atoms with Gasteiger partial charge in [0.2, 0.25) is 11.8 Å². The van der Waals surface area contributed by atoms with Crippen LogP contribution in [0.4, 0.5) is 10.1 Å². The van der Waals surface area contributed by atoms with E-state index in [1.807, 2.05) is 0 Å². The third kappa shape index (κ3) is 6.35. The molecular weight excluding hydrogens is 541 g/mol. The van der Waals surface area contributed by atoms with Gasteiger partial charge in [0.15, 0.2) is 5.82 Å². The van der Waals surface area contributed by atoms with E-state index in [0.29, 0.717) is 37.3 Å². The molecule has 5 rings (SSSR count). The minimum atomic E-state index is -0.715. The molecule has 3 fully saturated rings. The highest BCUT2D eigenvalue weighted by molar-refractivity contribution is 6.11. The van der Waals surface area contributed by atoms with Gasteiger partial charge in [-0.1, -0.05) is 0 Å². The summed E-state index contributed by atoms with van der Waals surface area (Å²) in [6, 6.07) is 2.04. The van der Waals surface area contributed by atoms with Crippen molar-refractivity contribution in [3.05, 3.63) is 53.6 Å². The average Bonchev–Trinajstić information content (AvgIpc) is 3.74. The second-order valence-electron chi connectivity index (χ2n) is 11.5. The number of aromatic nitrogens is 3. The van der Waals surface area contributed by atoms with Gasteiger partial charge in [0, 0.05) is 54.8 Å². The zero-order chi connectivity index (χ0) is 30.0. The maximum absolute atomic E-state index is 14.2. The van der Waals surface area contributed by atoms with Gasteiger partial charge in [-0.15, -0.1) is 0 Å². The minimum absolute atomic E-state index is 0.0688. The van der Waals surface area contributed by atoms with E-state index in [2.05, 4.69) is 44.3 Å². The summed E-state index contributed by atoms with van der Waals surface area (Å²) in [5.74, 6) is -0.775. The number of ether oxygens (including phenoxy) is 1. The van der Waals surface area contributed by atoms with Gasteiger partial charge in [0.05, 0.1) is 49.3 Å². The normalized spacial score (nSPS) is 23.4. The minimum Gasteiger partial charge on any atom is -0.481 e. The number of hydrogen-bond donors (Lipinski definition) is 4. The molecule has 3 atom stereocenters. The van der Waals surface area contributed by atoms with Gasteiger partial charge in [-0.2, -0.15) is 0 Å². The number of pyridine rings is 1. The van der Waals surface area contributed by atoms with Crippen LogP contribution >= 0.6 is 0 Å². The molecule has 0 radical (unpaired) electrons. The van der Waals surface area contributed by atoms with Gasteiger partial charge >= 0.3 is 0 Å². The molecule has 13 heteroatoms. The van der Waals surface area contributed by atoms with E-state index in [9.17, 15) is 14.0 Å². The number of nitrogens with zero attached hydrogens (tertiary/aromatic N) is 5. The maximum Gasteiger partial charge on any atom is 0.270 e. The highest BCUT2D eigenvalue weighted by Crippen LogP contribution is 2.50. The van der Waals surface area contributed by atoms with Crippen LogP contribution in [0.25, 0.3) is 0 Å². The van der Waals surface area contributed by atoms with Gasteiger partial charge in [-0.05, 0) is 45.6 Å². The number of likely N-dealkylation sites (tertiary alicyclic amines) is 1. The zero-order valence-corrected chi connectivity index (χ0v) is 24.2. The summed E-state index contributed by atoms with van der Waals surface area (Å²) in [5.41, 5.74) is 6.14. The van der Waals surface area contributed by atoms with E-state index < -0.39 is 17.3 Å². The summed E-state index contributed by atoms with van der Waals surface area (Å²) in [4.78, 5) is 43.0. The van der Waals surface area contributed by atoms with Crippen molar-refractivity contribution in [3.63, 3.8) is 0 Å². The second kappa shape index (κ2) is 12.0. The number of carbonyl (C=O) groups is 2. The van der Waals surface area contributed by atoms with Crippen LogP contribution < -0.4 is 26.0 Å². The van der Waals surface area contributed by atoms with E-state index >= 15 is 0 Å². The molecule has 2 aromatic heterocycles. The molecule has 2 unspecified atom stereocenters. The highest BCUT2D eigenvalue weighted by atomic mass is 19.1. The van der Waals surface area contributed by atoms with Crippen LogP contribution in [0.5, 0.6) is 5.88 Å². The number of nitrogens with one attached hydrogen (secondary N) is 3. The van der Waals surface area contributed by atoms with E-state index in [4.69, 9.17) is 15.9 Å². The smallest absolute Gasteiger partial charge is 0.270 e. The maximum atomic E-state index is 14.2. The van der Waals surface area contributed by atoms with Crippen LogP contribution in [0.15, 0.2) is 36.4 Å². The Hall–Kier alpha value is -4.13. The van der Waals surface area contributed by atoms with E-state index in [1.54, 1.807) is 17.3 Å². The highest BCUT2D eigenvalue weighted by Gasteiger charge is 2.54. The molecule has 2 aliphatic heterocycles. The van der Waals surface area contributed by atoms with Gasteiger partial charge in [0.25, 0.3) is 5.91 Å². The number of piperidine rings is 1. The van der Waals surface area contributed by atoms with E-state index in [-0.39, 0.29) is 41.2 Å². The Bertz CT molecular complexity index is 1370. The summed E-state index contributed by atoms with van der Waals surface area (Å²) in [5, 5.41) is 14.7. The van der Waals surface area contributed by atoms with E-state index in [1.165, 1.54) is 13.2 Å². The lowest BCUT2D eigenvalue weighted by molar-refractivity contribution is -0.137. The summed E-state index contributed by atoms with van der Waals surface area (Å²) >= 11 is 0. The van der Waals surface area contributed by atoms with Crippen LogP contribution in [0, 0.1) is 17.1 Å². The fourth-order valence-electron chi connectivity index (χ4n) is 5.99. The zero-order valence-electron chi connectivity index (χ0n) is 24.2. The van der Waals surface area contributed by atoms with Gasteiger partial charge in [-0.25, -0.2) is 19.3 Å². The predicted molar refractivity (Wildman–Crippen MR) is 154 cm³/mol. The number of anilines is 1. The topological polar surface area (TPSA) is 162 Å². The van der Waals surface area contributed by atoms with E-state index in [0.717, 1.165) is 43.9 Å². The third-order valence-electron chi connectivity index (χ3n) is 8.25. The SMILES string of the molecule is COc1cc(C(=N)C=C(N)C(=O)N2CC[C@H](C(=O)NCc3ncc(N4CC(C)NC(C)C4)cn3)CC23CC3)c(F)cn1. The Morgan fingerprint density at radius 2 is 1.90 bits per heavy atom. The second-order valence-corrected chi connectivity index (χ2v) is 11.5. The fraction of sp³-hybridized carbons (Fsp3) is 0.517. The Labute approximate surface area is 244 Å². The molecule has 12 nitrogen and oxygen atoms in total. The van der Waals surface area contributed by atoms with Crippen molar-refractivity contribution in [3.8, 4) is 5.88 Å². The number of halogens is 1. The van der Waals surface area contributed by atoms with Crippen molar-refractivity contribution in [1.29, 1.82) is 5.41 Å². The molecule has 4 heterocycles. The number of allylic oxidation sites excluding steroid dienone is 1. The number of hydrogen-bond acceptors (Lipinski definition) is 10. The summed E-state index contributed by atoms with van der Waals surface area (Å²) in [6.07, 6.45) is 8.29. The lowest BCUT2D eigenvalue weighted by Crippen LogP contribution is -2.54. The van der Waals surface area contributed by atoms with Crippen molar-refractivity contribution < 1.29 is 18.7 Å². The number of rotatable bonds is 8. The molecule has 2 saturated heterocycles. The largest absolute Gasteiger partial charge is 0.481 e. The fourth-order valence-corrected chi connectivity index (χ4v) is 5.99. The van der Waals surface area contributed by atoms with Crippen molar-refractivity contribution in [2.24, 2.45) is 11.7 Å². The van der Waals surface area contributed by atoms with Crippen LogP contribution in [0.1, 0.15) is 50.9 Å². The molecule has 2 amide bonds. The van der Waals surface area contributed by atoms with Gasteiger partial charge < -0.3 is 36.3 Å². The van der Waals surface area contributed by atoms with Crippen LogP contribution in [0.2, 0.25) is 0 Å². The van der Waals surface area contributed by atoms with Crippen molar-refractivity contribution in [2.45, 2.75) is 63.7 Å². The number of methoxy groups -OCH3 is 1. The molecule has 42 heavy (non-hydrogen) atoms. The van der Waals surface area contributed by atoms with Crippen molar-refractivity contribution in [1.82, 2.24) is 30.5 Å². The molecule has 3 aliphatic rings. The van der Waals surface area contributed by atoms with Crippen molar-refractivity contribution >= 4 is 23.2 Å². The van der Waals surface area contributed by atoms with Crippen LogP contribution in [0.3, 0.4) is 0 Å². The first-order valence-corrected chi connectivity index (χ1v) is 14.3. The lowest BCUT2D eigenvalue weighted by Gasteiger charge is -2.39. The Balaban J connectivity index is 1.15. The molecule has 0 aromatic carbocycles. The molecule has 224 valence electrons. The molecule has 1 spiro atoms. The van der Waals surface area contributed by atoms with Crippen LogP contribution in [-0.2, 0) is 16.1 Å². The first kappa shape index (κ1) is 29.4. The third-order valence-corrected chi connectivity index (χ3v) is 8.25. The van der Waals surface area contributed by atoms with Crippen molar-refractivity contribution in [2.75, 3.05) is 31.6 Å². The number of carbonyl (C=O) groups excluding carboxylic acids is 2. The number of amides is 2. The Kier molecular flexibility index (Phi) is 8.39. The first-order chi connectivity index (χ1) is 20.1. The lowest BCUT2D eigenvalue weighted by atomic mass is 9.88. The molecule has 1 aliphatic carbocycles. The van der Waals surface area contributed by atoms with Gasteiger partial charge in [0.1, 0.15) is 5.82 Å². The summed E-state index contributed by atoms with van der Waals surface area (Å²) < 4.78 is 19.2. The monoisotopic (exact) mass is 579 g/mol. The quantitative estimate of drug-likeness (QED) is 0.268. The standard InChI is InChI=1S/C29H38FN9O3/c1-17-15-38(16-18(2)37-17)20-11-33-25(34-12-20)14-36-27(40)19-4-7-39(29(10-19)5-6-29)28(41)24(32)9-23(31)21-8-26(42-3)35-13-22(21)30/h8-9,11-13,17-19,31,37H,4-7,10,14-16,32H2,1-3H3,(H,36,40)/t17?,18?,19-/m0/s1. The molecule has 1 saturated carbocycles. The van der Waals surface area contributed by atoms with Gasteiger partial charge in [-0.3, -0.25) is 9.59 Å². The average molecular weight is 580 g/mol.